The van der Waals surface area contributed by atoms with Crippen molar-refractivity contribution in [1.82, 2.24) is 5.32 Å². The molecule has 2 N–H and O–H groups in total. The van der Waals surface area contributed by atoms with Crippen molar-refractivity contribution in [3.63, 3.8) is 0 Å². The van der Waals surface area contributed by atoms with Gasteiger partial charge in [0.15, 0.2) is 0 Å². The van der Waals surface area contributed by atoms with Crippen LogP contribution in [0.4, 0.5) is 0 Å². The van der Waals surface area contributed by atoms with Gasteiger partial charge in [0.05, 0.1) is 6.42 Å². The van der Waals surface area contributed by atoms with Crippen LogP contribution in [0.1, 0.15) is 18.4 Å². The summed E-state index contributed by atoms with van der Waals surface area (Å²) in [5.41, 5.74) is 1.05. The van der Waals surface area contributed by atoms with Crippen LogP contribution < -0.4 is 5.32 Å². The molecule has 1 amide bonds. The molecule has 0 bridgehead atoms. The SMILES string of the molecule is O=C(O)CCSSCCNC(=O)CCc1cccc(Cl)c1. The molecule has 0 atom stereocenters. The zero-order chi connectivity index (χ0) is 15.5. The average molecular weight is 348 g/mol. The monoisotopic (exact) mass is 347 g/mol. The van der Waals surface area contributed by atoms with Crippen LogP contribution in [0.15, 0.2) is 24.3 Å². The number of carbonyl (C=O) groups excluding carboxylic acids is 1. The lowest BCUT2D eigenvalue weighted by Crippen LogP contribution is -2.25. The number of carboxylic acids is 1. The highest BCUT2D eigenvalue weighted by atomic mass is 35.5. The van der Waals surface area contributed by atoms with Crippen molar-refractivity contribution in [1.29, 1.82) is 0 Å². The molecule has 1 aromatic rings. The summed E-state index contributed by atoms with van der Waals surface area (Å²) < 4.78 is 0. The molecule has 21 heavy (non-hydrogen) atoms. The van der Waals surface area contributed by atoms with Crippen LogP contribution in [0.2, 0.25) is 5.02 Å². The van der Waals surface area contributed by atoms with Crippen LogP contribution in [-0.4, -0.2) is 35.0 Å². The Bertz CT molecular complexity index is 471. The standard InChI is InChI=1S/C14H18ClNO3S2/c15-12-3-1-2-11(10-12)4-5-13(17)16-7-9-21-20-8-6-14(18)19/h1-3,10H,4-9H2,(H,16,17)(H,18,19). The highest BCUT2D eigenvalue weighted by Gasteiger charge is 2.03. The molecule has 0 heterocycles. The van der Waals surface area contributed by atoms with E-state index >= 15 is 0 Å². The summed E-state index contributed by atoms with van der Waals surface area (Å²) in [6, 6.07) is 7.50. The fraction of sp³-hybridized carbons (Fsp3) is 0.429. The fourth-order valence-electron chi connectivity index (χ4n) is 1.52. The van der Waals surface area contributed by atoms with Gasteiger partial charge >= 0.3 is 5.97 Å². The average Bonchev–Trinajstić information content (AvgIpc) is 2.44. The van der Waals surface area contributed by atoms with Gasteiger partial charge in [0.1, 0.15) is 0 Å². The quantitative estimate of drug-likeness (QED) is 0.502. The molecule has 116 valence electrons. The number of halogens is 1. The van der Waals surface area contributed by atoms with Gasteiger partial charge in [-0.2, -0.15) is 0 Å². The van der Waals surface area contributed by atoms with Gasteiger partial charge in [0, 0.05) is 29.5 Å². The molecule has 0 aliphatic heterocycles. The van der Waals surface area contributed by atoms with Crippen molar-refractivity contribution < 1.29 is 14.7 Å². The minimum Gasteiger partial charge on any atom is -0.481 e. The molecule has 1 aromatic carbocycles. The first-order valence-electron chi connectivity index (χ1n) is 6.55. The predicted octanol–water partition coefficient (Wildman–Crippen LogP) is 3.24. The lowest BCUT2D eigenvalue weighted by atomic mass is 10.1. The summed E-state index contributed by atoms with van der Waals surface area (Å²) in [6.07, 6.45) is 1.29. The molecule has 0 spiro atoms. The molecule has 0 aromatic heterocycles. The van der Waals surface area contributed by atoms with E-state index in [0.29, 0.717) is 30.2 Å². The summed E-state index contributed by atoms with van der Waals surface area (Å²) >= 11 is 5.88. The third-order valence-electron chi connectivity index (χ3n) is 2.52. The van der Waals surface area contributed by atoms with Gasteiger partial charge in [-0.1, -0.05) is 45.3 Å². The first-order chi connectivity index (χ1) is 10.1. The number of carbonyl (C=O) groups is 2. The van der Waals surface area contributed by atoms with Crippen molar-refractivity contribution >= 4 is 45.1 Å². The molecular weight excluding hydrogens is 330 g/mol. The number of nitrogens with one attached hydrogen (secondary N) is 1. The van der Waals surface area contributed by atoms with E-state index < -0.39 is 5.97 Å². The summed E-state index contributed by atoms with van der Waals surface area (Å²) in [5, 5.41) is 12.0. The predicted molar refractivity (Wildman–Crippen MR) is 90.0 cm³/mol. The molecule has 0 fully saturated rings. The maximum Gasteiger partial charge on any atom is 0.304 e. The second-order valence-corrected chi connectivity index (χ2v) is 7.41. The normalized spacial score (nSPS) is 10.3. The number of aliphatic carboxylic acids is 1. The lowest BCUT2D eigenvalue weighted by Gasteiger charge is -2.05. The first-order valence-corrected chi connectivity index (χ1v) is 9.42. The Morgan fingerprint density at radius 1 is 1.19 bits per heavy atom. The highest BCUT2D eigenvalue weighted by Crippen LogP contribution is 2.20. The molecule has 0 unspecified atom stereocenters. The van der Waals surface area contributed by atoms with Crippen molar-refractivity contribution in [2.24, 2.45) is 0 Å². The van der Waals surface area contributed by atoms with Crippen LogP contribution in [-0.2, 0) is 16.0 Å². The summed E-state index contributed by atoms with van der Waals surface area (Å²) in [5.74, 6) is 0.596. The second-order valence-electron chi connectivity index (χ2n) is 4.27. The Kier molecular flexibility index (Phi) is 9.37. The van der Waals surface area contributed by atoms with E-state index in [4.69, 9.17) is 16.7 Å². The zero-order valence-electron chi connectivity index (χ0n) is 11.5. The zero-order valence-corrected chi connectivity index (χ0v) is 13.9. The number of amides is 1. The first kappa shape index (κ1) is 18.2. The summed E-state index contributed by atoms with van der Waals surface area (Å²) in [6.45, 7) is 0.596. The van der Waals surface area contributed by atoms with Gasteiger partial charge < -0.3 is 10.4 Å². The largest absolute Gasteiger partial charge is 0.481 e. The van der Waals surface area contributed by atoms with Crippen molar-refractivity contribution in [3.8, 4) is 0 Å². The van der Waals surface area contributed by atoms with Crippen LogP contribution in [0.5, 0.6) is 0 Å². The molecule has 4 nitrogen and oxygen atoms in total. The van der Waals surface area contributed by atoms with Crippen molar-refractivity contribution in [3.05, 3.63) is 34.9 Å². The van der Waals surface area contributed by atoms with E-state index in [1.165, 1.54) is 10.8 Å². The van der Waals surface area contributed by atoms with Gasteiger partial charge in [-0.05, 0) is 24.1 Å². The summed E-state index contributed by atoms with van der Waals surface area (Å²) in [7, 11) is 3.09. The van der Waals surface area contributed by atoms with E-state index in [1.807, 2.05) is 24.3 Å². The van der Waals surface area contributed by atoms with Crippen LogP contribution >= 0.6 is 33.2 Å². The Balaban J connectivity index is 2.03. The van der Waals surface area contributed by atoms with Gasteiger partial charge in [-0.25, -0.2) is 0 Å². The van der Waals surface area contributed by atoms with Crippen LogP contribution in [0.3, 0.4) is 0 Å². The van der Waals surface area contributed by atoms with E-state index in [9.17, 15) is 9.59 Å². The van der Waals surface area contributed by atoms with Gasteiger partial charge in [0.25, 0.3) is 0 Å². The number of benzene rings is 1. The third kappa shape index (κ3) is 9.66. The molecule has 7 heteroatoms. The molecule has 0 saturated heterocycles. The number of hydrogen-bond acceptors (Lipinski definition) is 4. The smallest absolute Gasteiger partial charge is 0.304 e. The lowest BCUT2D eigenvalue weighted by molar-refractivity contribution is -0.136. The molecule has 0 radical (unpaired) electrons. The molecular formula is C14H18ClNO3S2. The van der Waals surface area contributed by atoms with E-state index in [-0.39, 0.29) is 12.3 Å². The van der Waals surface area contributed by atoms with Gasteiger partial charge in [-0.3, -0.25) is 9.59 Å². The maximum atomic E-state index is 11.6. The minimum absolute atomic E-state index is 0.0195. The van der Waals surface area contributed by atoms with Crippen LogP contribution in [0.25, 0.3) is 0 Å². The maximum absolute atomic E-state index is 11.6. The molecule has 0 aliphatic rings. The van der Waals surface area contributed by atoms with Gasteiger partial charge in [-0.15, -0.1) is 0 Å². The Morgan fingerprint density at radius 2 is 1.95 bits per heavy atom. The Labute approximate surface area is 137 Å². The Hall–Kier alpha value is -0.850. The number of hydrogen-bond donors (Lipinski definition) is 2. The number of carboxylic acid groups (broad SMARTS) is 1. The summed E-state index contributed by atoms with van der Waals surface area (Å²) in [4.78, 5) is 21.9. The number of rotatable bonds is 10. The van der Waals surface area contributed by atoms with E-state index in [2.05, 4.69) is 5.32 Å². The highest BCUT2D eigenvalue weighted by molar-refractivity contribution is 8.76. The minimum atomic E-state index is -0.780. The van der Waals surface area contributed by atoms with Crippen molar-refractivity contribution in [2.75, 3.05) is 18.1 Å². The molecule has 0 saturated carbocycles. The van der Waals surface area contributed by atoms with E-state index in [1.54, 1.807) is 10.8 Å². The molecule has 0 aliphatic carbocycles. The topological polar surface area (TPSA) is 66.4 Å². The Morgan fingerprint density at radius 3 is 2.67 bits per heavy atom. The fourth-order valence-corrected chi connectivity index (χ4v) is 3.62. The molecule has 1 rings (SSSR count). The number of aryl methyl sites for hydroxylation is 1. The van der Waals surface area contributed by atoms with Crippen molar-refractivity contribution in [2.45, 2.75) is 19.3 Å². The van der Waals surface area contributed by atoms with Gasteiger partial charge in [0.2, 0.25) is 5.91 Å². The third-order valence-corrected chi connectivity index (χ3v) is 5.16. The van der Waals surface area contributed by atoms with Crippen LogP contribution in [0, 0.1) is 0 Å². The second kappa shape index (κ2) is 10.8. The van der Waals surface area contributed by atoms with E-state index in [0.717, 1.165) is 11.3 Å².